The van der Waals surface area contributed by atoms with Gasteiger partial charge in [-0.1, -0.05) is 6.92 Å². The van der Waals surface area contributed by atoms with Crippen molar-refractivity contribution >= 4 is 17.9 Å². The fourth-order valence-corrected chi connectivity index (χ4v) is 2.19. The van der Waals surface area contributed by atoms with Crippen molar-refractivity contribution in [3.8, 4) is 0 Å². The molecule has 1 fully saturated rings. The van der Waals surface area contributed by atoms with Crippen molar-refractivity contribution in [2.24, 2.45) is 11.7 Å². The first-order chi connectivity index (χ1) is 8.97. The number of carbonyl (C=O) groups is 3. The molecule has 0 aromatic carbocycles. The van der Waals surface area contributed by atoms with Crippen molar-refractivity contribution in [1.29, 1.82) is 0 Å². The van der Waals surface area contributed by atoms with Crippen LogP contribution in [0.15, 0.2) is 0 Å². The molecule has 1 aliphatic rings. The Morgan fingerprint density at radius 1 is 1.42 bits per heavy atom. The summed E-state index contributed by atoms with van der Waals surface area (Å²) in [6.07, 6.45) is 2.70. The van der Waals surface area contributed by atoms with Crippen LogP contribution in [0.2, 0.25) is 0 Å². The Morgan fingerprint density at radius 2 is 2.11 bits per heavy atom. The third kappa shape index (κ3) is 4.11. The van der Waals surface area contributed by atoms with E-state index in [1.807, 2.05) is 0 Å². The number of carboxylic acids is 1. The van der Waals surface area contributed by atoms with E-state index in [4.69, 9.17) is 10.8 Å². The van der Waals surface area contributed by atoms with Gasteiger partial charge in [0.15, 0.2) is 0 Å². The maximum atomic E-state index is 12.0. The molecule has 7 heteroatoms. The lowest BCUT2D eigenvalue weighted by molar-refractivity contribution is -0.141. The number of primary amides is 1. The molecule has 108 valence electrons. The van der Waals surface area contributed by atoms with Gasteiger partial charge in [0.25, 0.3) is 0 Å². The molecule has 1 saturated heterocycles. The molecule has 1 heterocycles. The fraction of sp³-hybridized carbons (Fsp3) is 0.750. The highest BCUT2D eigenvalue weighted by Crippen LogP contribution is 2.16. The molecule has 2 atom stereocenters. The van der Waals surface area contributed by atoms with Gasteiger partial charge in [0.1, 0.15) is 6.04 Å². The van der Waals surface area contributed by atoms with E-state index in [1.165, 1.54) is 4.90 Å². The number of likely N-dealkylation sites (tertiary alicyclic amines) is 1. The molecule has 0 radical (unpaired) electrons. The van der Waals surface area contributed by atoms with Crippen LogP contribution in [0.3, 0.4) is 0 Å². The van der Waals surface area contributed by atoms with Gasteiger partial charge in [0, 0.05) is 13.1 Å². The van der Waals surface area contributed by atoms with Crippen LogP contribution in [0.1, 0.15) is 32.6 Å². The predicted octanol–water partition coefficient (Wildman–Crippen LogP) is 0.147. The molecule has 0 bridgehead atoms. The lowest BCUT2D eigenvalue weighted by Gasteiger charge is -2.33. The minimum absolute atomic E-state index is 0.0622. The number of hydrogen-bond acceptors (Lipinski definition) is 3. The van der Waals surface area contributed by atoms with Gasteiger partial charge in [-0.2, -0.15) is 0 Å². The molecule has 19 heavy (non-hydrogen) atoms. The zero-order chi connectivity index (χ0) is 14.4. The van der Waals surface area contributed by atoms with Crippen molar-refractivity contribution in [1.82, 2.24) is 10.2 Å². The Bertz CT molecular complexity index is 359. The van der Waals surface area contributed by atoms with Gasteiger partial charge in [-0.05, 0) is 25.7 Å². The predicted molar refractivity (Wildman–Crippen MR) is 68.4 cm³/mol. The minimum Gasteiger partial charge on any atom is -0.481 e. The standard InChI is InChI=1S/C12H21N3O4/c1-2-8(11(17)18)7-14-12(19)15-6-4-3-5-9(15)10(13)16/h8-9H,2-7H2,1H3,(H2,13,16)(H,14,19)(H,17,18). The first-order valence-corrected chi connectivity index (χ1v) is 6.54. The number of carbonyl (C=O) groups excluding carboxylic acids is 2. The van der Waals surface area contributed by atoms with Gasteiger partial charge < -0.3 is 21.1 Å². The number of hydrogen-bond donors (Lipinski definition) is 3. The molecule has 1 aliphatic heterocycles. The van der Waals surface area contributed by atoms with Crippen LogP contribution >= 0.6 is 0 Å². The average Bonchev–Trinajstić information content (AvgIpc) is 2.38. The quantitative estimate of drug-likeness (QED) is 0.660. The van der Waals surface area contributed by atoms with E-state index < -0.39 is 29.9 Å². The molecule has 1 rings (SSSR count). The number of amides is 3. The van der Waals surface area contributed by atoms with Gasteiger partial charge in [0.05, 0.1) is 5.92 Å². The van der Waals surface area contributed by atoms with Crippen molar-refractivity contribution in [3.05, 3.63) is 0 Å². The SMILES string of the molecule is CCC(CNC(=O)N1CCCCC1C(N)=O)C(=O)O. The third-order valence-corrected chi connectivity index (χ3v) is 3.43. The second-order valence-electron chi connectivity index (χ2n) is 4.74. The first-order valence-electron chi connectivity index (χ1n) is 6.54. The van der Waals surface area contributed by atoms with E-state index in [0.717, 1.165) is 12.8 Å². The number of nitrogens with zero attached hydrogens (tertiary/aromatic N) is 1. The van der Waals surface area contributed by atoms with Crippen molar-refractivity contribution in [2.75, 3.05) is 13.1 Å². The number of piperidine rings is 1. The van der Waals surface area contributed by atoms with Gasteiger partial charge >= 0.3 is 12.0 Å². The van der Waals surface area contributed by atoms with Crippen LogP contribution in [0.25, 0.3) is 0 Å². The maximum absolute atomic E-state index is 12.0. The zero-order valence-corrected chi connectivity index (χ0v) is 11.1. The monoisotopic (exact) mass is 271 g/mol. The summed E-state index contributed by atoms with van der Waals surface area (Å²) in [4.78, 5) is 35.5. The van der Waals surface area contributed by atoms with Gasteiger partial charge in [-0.25, -0.2) is 4.79 Å². The first kappa shape index (κ1) is 15.3. The normalized spacial score (nSPS) is 20.7. The Morgan fingerprint density at radius 3 is 2.63 bits per heavy atom. The molecule has 3 amide bonds. The van der Waals surface area contributed by atoms with E-state index in [9.17, 15) is 14.4 Å². The highest BCUT2D eigenvalue weighted by Gasteiger charge is 2.31. The van der Waals surface area contributed by atoms with Crippen molar-refractivity contribution < 1.29 is 19.5 Å². The van der Waals surface area contributed by atoms with Crippen LogP contribution in [0.5, 0.6) is 0 Å². The Kier molecular flexibility index (Phi) is 5.59. The molecule has 7 nitrogen and oxygen atoms in total. The van der Waals surface area contributed by atoms with Gasteiger partial charge in [0.2, 0.25) is 5.91 Å². The summed E-state index contributed by atoms with van der Waals surface area (Å²) in [6.45, 7) is 2.29. The van der Waals surface area contributed by atoms with E-state index in [0.29, 0.717) is 19.4 Å². The van der Waals surface area contributed by atoms with E-state index >= 15 is 0 Å². The van der Waals surface area contributed by atoms with Crippen LogP contribution in [-0.2, 0) is 9.59 Å². The Hall–Kier alpha value is -1.79. The topological polar surface area (TPSA) is 113 Å². The number of carboxylic acid groups (broad SMARTS) is 1. The van der Waals surface area contributed by atoms with Gasteiger partial charge in [-0.15, -0.1) is 0 Å². The third-order valence-electron chi connectivity index (χ3n) is 3.43. The summed E-state index contributed by atoms with van der Waals surface area (Å²) in [5.74, 6) is -2.06. The van der Waals surface area contributed by atoms with Crippen molar-refractivity contribution in [3.63, 3.8) is 0 Å². The van der Waals surface area contributed by atoms with Crippen LogP contribution in [-0.4, -0.2) is 47.0 Å². The number of rotatable bonds is 5. The largest absolute Gasteiger partial charge is 0.481 e. The smallest absolute Gasteiger partial charge is 0.318 e. The van der Waals surface area contributed by atoms with Crippen LogP contribution < -0.4 is 11.1 Å². The van der Waals surface area contributed by atoms with Crippen LogP contribution in [0.4, 0.5) is 4.79 Å². The summed E-state index contributed by atoms with van der Waals surface area (Å²) in [5.41, 5.74) is 5.27. The lowest BCUT2D eigenvalue weighted by Crippen LogP contribution is -2.54. The number of urea groups is 1. The number of aliphatic carboxylic acids is 1. The second kappa shape index (κ2) is 6.96. The number of nitrogens with two attached hydrogens (primary N) is 1. The summed E-state index contributed by atoms with van der Waals surface area (Å²) in [5, 5.41) is 11.5. The minimum atomic E-state index is -0.937. The van der Waals surface area contributed by atoms with Gasteiger partial charge in [-0.3, -0.25) is 9.59 Å². The van der Waals surface area contributed by atoms with Crippen LogP contribution in [0, 0.1) is 5.92 Å². The van der Waals surface area contributed by atoms with Crippen molar-refractivity contribution in [2.45, 2.75) is 38.6 Å². The molecule has 0 aromatic rings. The second-order valence-corrected chi connectivity index (χ2v) is 4.74. The Balaban J connectivity index is 2.55. The van der Waals surface area contributed by atoms with E-state index in [2.05, 4.69) is 5.32 Å². The molecule has 0 spiro atoms. The lowest BCUT2D eigenvalue weighted by atomic mass is 10.0. The Labute approximate surface area is 112 Å². The highest BCUT2D eigenvalue weighted by atomic mass is 16.4. The summed E-state index contributed by atoms with van der Waals surface area (Å²) >= 11 is 0. The zero-order valence-electron chi connectivity index (χ0n) is 11.1. The molecular formula is C12H21N3O4. The maximum Gasteiger partial charge on any atom is 0.318 e. The molecule has 4 N–H and O–H groups in total. The molecule has 0 aromatic heterocycles. The molecular weight excluding hydrogens is 250 g/mol. The number of nitrogens with one attached hydrogen (secondary N) is 1. The van der Waals surface area contributed by atoms with E-state index in [1.54, 1.807) is 6.92 Å². The highest BCUT2D eigenvalue weighted by molar-refractivity contribution is 5.86. The fourth-order valence-electron chi connectivity index (χ4n) is 2.19. The summed E-state index contributed by atoms with van der Waals surface area (Å²) in [6, 6.07) is -0.998. The van der Waals surface area contributed by atoms with E-state index in [-0.39, 0.29) is 6.54 Å². The summed E-state index contributed by atoms with van der Waals surface area (Å²) < 4.78 is 0. The molecule has 0 aliphatic carbocycles. The average molecular weight is 271 g/mol. The molecule has 0 saturated carbocycles. The summed E-state index contributed by atoms with van der Waals surface area (Å²) in [7, 11) is 0. The molecule has 2 unspecified atom stereocenters.